The number of hydrogen-bond acceptors (Lipinski definition) is 4. The number of nitrogens with one attached hydrogen (secondary N) is 2. The molecule has 2 aromatic heterocycles. The summed E-state index contributed by atoms with van der Waals surface area (Å²) in [7, 11) is 0. The van der Waals surface area contributed by atoms with E-state index in [4.69, 9.17) is 0 Å². The number of aryl methyl sites for hydroxylation is 1. The van der Waals surface area contributed by atoms with E-state index in [0.717, 1.165) is 23.4 Å². The third-order valence-corrected chi connectivity index (χ3v) is 4.31. The lowest BCUT2D eigenvalue weighted by atomic mass is 10.00. The maximum Gasteiger partial charge on any atom is 0.433 e. The molecule has 29 heavy (non-hydrogen) atoms. The fraction of sp³-hybridized carbons (Fsp3) is 0.190. The van der Waals surface area contributed by atoms with Gasteiger partial charge in [0, 0.05) is 23.8 Å². The molecule has 0 aliphatic carbocycles. The molecule has 0 radical (unpaired) electrons. The highest BCUT2D eigenvalue weighted by atomic mass is 19.4. The van der Waals surface area contributed by atoms with Gasteiger partial charge in [0.1, 0.15) is 11.5 Å². The minimum atomic E-state index is -4.50. The predicted molar refractivity (Wildman–Crippen MR) is 105 cm³/mol. The number of amides is 1. The molecule has 2 N–H and O–H groups in total. The highest BCUT2D eigenvalue weighted by Crippen LogP contribution is 2.30. The summed E-state index contributed by atoms with van der Waals surface area (Å²) in [5.74, 6) is -0.143. The summed E-state index contributed by atoms with van der Waals surface area (Å²) in [6.45, 7) is 3.68. The molecule has 150 valence electrons. The molecule has 0 bridgehead atoms. The number of nitrogens with zero attached hydrogens (tertiary/aromatic N) is 2. The first-order valence-corrected chi connectivity index (χ1v) is 8.86. The number of pyridine rings is 2. The number of aromatic nitrogens is 2. The summed E-state index contributed by atoms with van der Waals surface area (Å²) >= 11 is 0. The van der Waals surface area contributed by atoms with Crippen molar-refractivity contribution in [1.82, 2.24) is 9.97 Å². The molecule has 3 rings (SSSR count). The lowest BCUT2D eigenvalue weighted by Crippen LogP contribution is -2.19. The fourth-order valence-electron chi connectivity index (χ4n) is 2.68. The van der Waals surface area contributed by atoms with Gasteiger partial charge in [0.25, 0.3) is 0 Å². The average Bonchev–Trinajstić information content (AvgIpc) is 2.67. The molecule has 0 saturated carbocycles. The molecular weight excluding hydrogens is 381 g/mol. The van der Waals surface area contributed by atoms with Gasteiger partial charge in [0.2, 0.25) is 5.91 Å². The first-order chi connectivity index (χ1) is 13.7. The standard InChI is InChI=1S/C21H19F3N4O/c1-13-7-9-26-19(11-13)28-20(29)14(2)15-3-5-16(6-4-15)27-17-8-10-25-18(12-17)21(22,23)24/h3-12,14H,1-2H3,(H,25,27)(H,26,28,29). The number of anilines is 3. The van der Waals surface area contributed by atoms with E-state index >= 15 is 0 Å². The van der Waals surface area contributed by atoms with E-state index in [2.05, 4.69) is 20.6 Å². The maximum absolute atomic E-state index is 12.8. The zero-order valence-electron chi connectivity index (χ0n) is 15.8. The Bertz CT molecular complexity index is 1000. The molecular formula is C21H19F3N4O. The van der Waals surface area contributed by atoms with Gasteiger partial charge in [-0.15, -0.1) is 0 Å². The first-order valence-electron chi connectivity index (χ1n) is 8.86. The van der Waals surface area contributed by atoms with Crippen molar-refractivity contribution in [2.24, 2.45) is 0 Å². The van der Waals surface area contributed by atoms with Crippen molar-refractivity contribution in [3.63, 3.8) is 0 Å². The summed E-state index contributed by atoms with van der Waals surface area (Å²) in [5, 5.41) is 5.68. The van der Waals surface area contributed by atoms with Crippen LogP contribution in [0.4, 0.5) is 30.4 Å². The second-order valence-corrected chi connectivity index (χ2v) is 6.60. The Morgan fingerprint density at radius 3 is 2.31 bits per heavy atom. The van der Waals surface area contributed by atoms with Gasteiger partial charge in [-0.05, 0) is 61.4 Å². The van der Waals surface area contributed by atoms with Crippen molar-refractivity contribution < 1.29 is 18.0 Å². The first kappa shape index (κ1) is 20.3. The Kier molecular flexibility index (Phi) is 5.81. The summed E-state index contributed by atoms with van der Waals surface area (Å²) < 4.78 is 38.3. The van der Waals surface area contributed by atoms with Crippen LogP contribution in [0.3, 0.4) is 0 Å². The Hall–Kier alpha value is -3.42. The summed E-state index contributed by atoms with van der Waals surface area (Å²) in [6, 6.07) is 12.9. The lowest BCUT2D eigenvalue weighted by Gasteiger charge is -2.14. The molecule has 1 atom stereocenters. The quantitative estimate of drug-likeness (QED) is 0.611. The zero-order valence-corrected chi connectivity index (χ0v) is 15.8. The topological polar surface area (TPSA) is 66.9 Å². The fourth-order valence-corrected chi connectivity index (χ4v) is 2.68. The van der Waals surface area contributed by atoms with Gasteiger partial charge in [-0.2, -0.15) is 13.2 Å². The minimum Gasteiger partial charge on any atom is -0.355 e. The second kappa shape index (κ2) is 8.30. The smallest absolute Gasteiger partial charge is 0.355 e. The molecule has 1 unspecified atom stereocenters. The second-order valence-electron chi connectivity index (χ2n) is 6.60. The van der Waals surface area contributed by atoms with Gasteiger partial charge in [0.15, 0.2) is 0 Å². The number of halogens is 3. The Morgan fingerprint density at radius 2 is 1.66 bits per heavy atom. The number of rotatable bonds is 5. The molecule has 8 heteroatoms. The molecule has 0 aliphatic rings. The minimum absolute atomic E-state index is 0.201. The van der Waals surface area contributed by atoms with Crippen molar-refractivity contribution >= 4 is 23.1 Å². The summed E-state index contributed by atoms with van der Waals surface area (Å²) in [4.78, 5) is 19.9. The highest BCUT2D eigenvalue weighted by molar-refractivity contribution is 5.94. The van der Waals surface area contributed by atoms with Crippen LogP contribution in [0, 0.1) is 6.92 Å². The Labute approximate surface area is 166 Å². The Morgan fingerprint density at radius 1 is 0.966 bits per heavy atom. The van der Waals surface area contributed by atoms with Gasteiger partial charge >= 0.3 is 6.18 Å². The van der Waals surface area contributed by atoms with Crippen molar-refractivity contribution in [3.8, 4) is 0 Å². The van der Waals surface area contributed by atoms with Crippen LogP contribution >= 0.6 is 0 Å². The van der Waals surface area contributed by atoms with Crippen LogP contribution in [-0.4, -0.2) is 15.9 Å². The Balaban J connectivity index is 1.67. The average molecular weight is 400 g/mol. The van der Waals surface area contributed by atoms with E-state index in [9.17, 15) is 18.0 Å². The predicted octanol–water partition coefficient (Wildman–Crippen LogP) is 5.29. The van der Waals surface area contributed by atoms with Crippen LogP contribution < -0.4 is 10.6 Å². The molecule has 0 fully saturated rings. The number of carbonyl (C=O) groups is 1. The third kappa shape index (κ3) is 5.31. The van der Waals surface area contributed by atoms with E-state index < -0.39 is 17.8 Å². The van der Waals surface area contributed by atoms with E-state index in [0.29, 0.717) is 11.5 Å². The summed E-state index contributed by atoms with van der Waals surface area (Å²) in [6.07, 6.45) is -1.78. The van der Waals surface area contributed by atoms with Gasteiger partial charge in [-0.25, -0.2) is 4.98 Å². The van der Waals surface area contributed by atoms with E-state index in [1.807, 2.05) is 13.0 Å². The van der Waals surface area contributed by atoms with Crippen LogP contribution in [0.5, 0.6) is 0 Å². The van der Waals surface area contributed by atoms with E-state index in [1.54, 1.807) is 43.5 Å². The molecule has 0 aliphatic heterocycles. The largest absolute Gasteiger partial charge is 0.433 e. The van der Waals surface area contributed by atoms with Crippen molar-refractivity contribution in [2.45, 2.75) is 25.9 Å². The van der Waals surface area contributed by atoms with Crippen LogP contribution in [0.2, 0.25) is 0 Å². The number of alkyl halides is 3. The highest BCUT2D eigenvalue weighted by Gasteiger charge is 2.32. The monoisotopic (exact) mass is 400 g/mol. The van der Waals surface area contributed by atoms with Crippen LogP contribution in [0.15, 0.2) is 60.9 Å². The maximum atomic E-state index is 12.8. The lowest BCUT2D eigenvalue weighted by molar-refractivity contribution is -0.141. The van der Waals surface area contributed by atoms with Gasteiger partial charge in [-0.3, -0.25) is 9.78 Å². The zero-order chi connectivity index (χ0) is 21.0. The van der Waals surface area contributed by atoms with Gasteiger partial charge in [-0.1, -0.05) is 12.1 Å². The molecule has 1 aromatic carbocycles. The van der Waals surface area contributed by atoms with Crippen LogP contribution in [-0.2, 0) is 11.0 Å². The molecule has 5 nitrogen and oxygen atoms in total. The SMILES string of the molecule is Cc1ccnc(NC(=O)C(C)c2ccc(Nc3ccnc(C(F)(F)F)c3)cc2)c1. The molecule has 0 spiro atoms. The van der Waals surface area contributed by atoms with Crippen molar-refractivity contribution in [1.29, 1.82) is 0 Å². The van der Waals surface area contributed by atoms with Crippen molar-refractivity contribution in [2.75, 3.05) is 10.6 Å². The van der Waals surface area contributed by atoms with Crippen molar-refractivity contribution in [3.05, 3.63) is 77.7 Å². The third-order valence-electron chi connectivity index (χ3n) is 4.31. The number of benzene rings is 1. The number of carbonyl (C=O) groups excluding carboxylic acids is 1. The van der Waals surface area contributed by atoms with Gasteiger partial charge in [0.05, 0.1) is 5.92 Å². The molecule has 0 saturated heterocycles. The van der Waals surface area contributed by atoms with Crippen LogP contribution in [0.25, 0.3) is 0 Å². The van der Waals surface area contributed by atoms with Gasteiger partial charge < -0.3 is 10.6 Å². The molecule has 2 heterocycles. The van der Waals surface area contributed by atoms with Crippen LogP contribution in [0.1, 0.15) is 29.7 Å². The van der Waals surface area contributed by atoms with E-state index in [-0.39, 0.29) is 11.6 Å². The molecule has 1 amide bonds. The molecule has 3 aromatic rings. The van der Waals surface area contributed by atoms with E-state index in [1.165, 1.54) is 6.07 Å². The number of hydrogen-bond donors (Lipinski definition) is 2. The summed E-state index contributed by atoms with van der Waals surface area (Å²) in [5.41, 5.74) is 1.67. The normalized spacial score (nSPS) is 12.3.